The summed E-state index contributed by atoms with van der Waals surface area (Å²) < 4.78 is 4.69. The average molecular weight is 293 g/mol. The van der Waals surface area contributed by atoms with Crippen molar-refractivity contribution in [1.82, 2.24) is 0 Å². The molecule has 1 rings (SSSR count). The Labute approximate surface area is 119 Å². The lowest BCUT2D eigenvalue weighted by Gasteiger charge is -2.08. The topological polar surface area (TPSA) is 136 Å². The van der Waals surface area contributed by atoms with Crippen LogP contribution in [0.3, 0.4) is 0 Å². The van der Waals surface area contributed by atoms with Gasteiger partial charge >= 0.3 is 5.97 Å². The fourth-order valence-electron chi connectivity index (χ4n) is 1.65. The third kappa shape index (κ3) is 3.97. The fraction of sp³-hybridized carbons (Fsp3) is 0.333. The SMILES string of the molecule is CCOC(=O)C(C#N)Cc1ccc([N+](=O)[O-])cc1[N+](=O)[O-]. The molecular formula is C12H11N3O6. The largest absolute Gasteiger partial charge is 0.465 e. The molecule has 0 amide bonds. The summed E-state index contributed by atoms with van der Waals surface area (Å²) in [6.07, 6.45) is -0.246. The van der Waals surface area contributed by atoms with E-state index < -0.39 is 33.1 Å². The van der Waals surface area contributed by atoms with Crippen molar-refractivity contribution in [2.75, 3.05) is 6.61 Å². The van der Waals surface area contributed by atoms with Crippen molar-refractivity contribution in [1.29, 1.82) is 5.26 Å². The minimum atomic E-state index is -1.20. The first-order valence-corrected chi connectivity index (χ1v) is 5.88. The van der Waals surface area contributed by atoms with Crippen LogP contribution >= 0.6 is 0 Å². The molecule has 0 spiro atoms. The third-order valence-corrected chi connectivity index (χ3v) is 2.63. The minimum absolute atomic E-state index is 0.0604. The van der Waals surface area contributed by atoms with E-state index in [9.17, 15) is 25.0 Å². The number of hydrogen-bond acceptors (Lipinski definition) is 7. The number of nitro groups is 2. The molecule has 0 N–H and O–H groups in total. The van der Waals surface area contributed by atoms with E-state index in [0.29, 0.717) is 0 Å². The zero-order valence-corrected chi connectivity index (χ0v) is 11.0. The normalized spacial score (nSPS) is 11.2. The van der Waals surface area contributed by atoms with Crippen LogP contribution in [-0.4, -0.2) is 22.4 Å². The second-order valence-electron chi connectivity index (χ2n) is 3.97. The Balaban J connectivity index is 3.12. The molecule has 1 unspecified atom stereocenters. The van der Waals surface area contributed by atoms with E-state index in [4.69, 9.17) is 5.26 Å². The summed E-state index contributed by atoms with van der Waals surface area (Å²) in [5.74, 6) is -1.99. The first-order valence-electron chi connectivity index (χ1n) is 5.88. The van der Waals surface area contributed by atoms with Gasteiger partial charge in [0.05, 0.1) is 28.6 Å². The summed E-state index contributed by atoms with van der Waals surface area (Å²) in [4.78, 5) is 31.5. The predicted molar refractivity (Wildman–Crippen MR) is 69.2 cm³/mol. The van der Waals surface area contributed by atoms with Gasteiger partial charge in [0.15, 0.2) is 0 Å². The molecule has 0 heterocycles. The number of carbonyl (C=O) groups excluding carboxylic acids is 1. The molecule has 0 aromatic heterocycles. The van der Waals surface area contributed by atoms with Gasteiger partial charge in [0.2, 0.25) is 0 Å². The maximum atomic E-state index is 11.5. The maximum absolute atomic E-state index is 11.5. The molecule has 0 aliphatic carbocycles. The summed E-state index contributed by atoms with van der Waals surface area (Å²) in [6, 6.07) is 4.76. The Bertz CT molecular complexity index is 622. The number of nitrogens with zero attached hydrogens (tertiary/aromatic N) is 3. The number of nitro benzene ring substituents is 2. The number of ether oxygens (including phenoxy) is 1. The average Bonchev–Trinajstić information content (AvgIpc) is 2.44. The highest BCUT2D eigenvalue weighted by molar-refractivity contribution is 5.76. The Kier molecular flexibility index (Phi) is 5.31. The summed E-state index contributed by atoms with van der Waals surface area (Å²) in [5, 5.41) is 30.5. The number of benzene rings is 1. The molecule has 9 heteroatoms. The highest BCUT2D eigenvalue weighted by atomic mass is 16.6. The van der Waals surface area contributed by atoms with Crippen LogP contribution in [0.1, 0.15) is 12.5 Å². The van der Waals surface area contributed by atoms with Crippen LogP contribution in [0, 0.1) is 37.5 Å². The molecule has 0 saturated heterocycles. The van der Waals surface area contributed by atoms with Gasteiger partial charge in [-0.3, -0.25) is 25.0 Å². The Hall–Kier alpha value is -3.02. The molecule has 1 atom stereocenters. The number of hydrogen-bond donors (Lipinski definition) is 0. The highest BCUT2D eigenvalue weighted by Crippen LogP contribution is 2.26. The van der Waals surface area contributed by atoms with Crippen molar-refractivity contribution in [3.8, 4) is 6.07 Å². The second-order valence-corrected chi connectivity index (χ2v) is 3.97. The number of carbonyl (C=O) groups is 1. The molecule has 9 nitrogen and oxygen atoms in total. The highest BCUT2D eigenvalue weighted by Gasteiger charge is 2.26. The van der Waals surface area contributed by atoms with E-state index in [1.165, 1.54) is 6.07 Å². The zero-order chi connectivity index (χ0) is 16.0. The van der Waals surface area contributed by atoms with Crippen molar-refractivity contribution in [3.05, 3.63) is 44.0 Å². The molecule has 0 saturated carbocycles. The zero-order valence-electron chi connectivity index (χ0n) is 11.0. The van der Waals surface area contributed by atoms with Gasteiger partial charge in [-0.25, -0.2) is 0 Å². The van der Waals surface area contributed by atoms with E-state index >= 15 is 0 Å². The molecule has 21 heavy (non-hydrogen) atoms. The molecule has 1 aromatic carbocycles. The van der Waals surface area contributed by atoms with Crippen LogP contribution in [-0.2, 0) is 16.0 Å². The van der Waals surface area contributed by atoms with Crippen molar-refractivity contribution in [2.24, 2.45) is 5.92 Å². The van der Waals surface area contributed by atoms with Crippen molar-refractivity contribution >= 4 is 17.3 Å². The summed E-state index contributed by atoms with van der Waals surface area (Å²) >= 11 is 0. The quantitative estimate of drug-likeness (QED) is 0.442. The molecule has 0 bridgehead atoms. The maximum Gasteiger partial charge on any atom is 0.323 e. The van der Waals surface area contributed by atoms with E-state index in [2.05, 4.69) is 4.74 Å². The second kappa shape index (κ2) is 6.95. The van der Waals surface area contributed by atoms with Crippen LogP contribution in [0.15, 0.2) is 18.2 Å². The molecular weight excluding hydrogens is 282 g/mol. The molecule has 0 radical (unpaired) electrons. The fourth-order valence-corrected chi connectivity index (χ4v) is 1.65. The summed E-state index contributed by atoms with van der Waals surface area (Å²) in [6.45, 7) is 1.65. The lowest BCUT2D eigenvalue weighted by atomic mass is 9.99. The van der Waals surface area contributed by atoms with Crippen molar-refractivity contribution in [2.45, 2.75) is 13.3 Å². The Morgan fingerprint density at radius 3 is 2.52 bits per heavy atom. The number of non-ortho nitro benzene ring substituents is 1. The van der Waals surface area contributed by atoms with Gasteiger partial charge < -0.3 is 4.74 Å². The standard InChI is InChI=1S/C12H11N3O6/c1-2-21-12(16)9(7-13)5-8-3-4-10(14(17)18)6-11(8)15(19)20/h3-4,6,9H,2,5H2,1H3. The van der Waals surface area contributed by atoms with Gasteiger partial charge in [0, 0.05) is 18.1 Å². The first-order chi connectivity index (χ1) is 9.90. The van der Waals surface area contributed by atoms with Gasteiger partial charge in [-0.1, -0.05) is 0 Å². The van der Waals surface area contributed by atoms with Gasteiger partial charge in [-0.15, -0.1) is 0 Å². The smallest absolute Gasteiger partial charge is 0.323 e. The molecule has 110 valence electrons. The van der Waals surface area contributed by atoms with Gasteiger partial charge in [0.1, 0.15) is 5.92 Å². The number of nitriles is 1. The van der Waals surface area contributed by atoms with Gasteiger partial charge in [-0.2, -0.15) is 5.26 Å². The molecule has 1 aromatic rings. The summed E-state index contributed by atoms with van der Waals surface area (Å²) in [5.41, 5.74) is -0.881. The van der Waals surface area contributed by atoms with Gasteiger partial charge in [-0.05, 0) is 13.0 Å². The molecule has 0 aliphatic rings. The van der Waals surface area contributed by atoms with Crippen molar-refractivity contribution < 1.29 is 19.4 Å². The van der Waals surface area contributed by atoms with Gasteiger partial charge in [0.25, 0.3) is 11.4 Å². The van der Waals surface area contributed by atoms with Crippen LogP contribution in [0.2, 0.25) is 0 Å². The van der Waals surface area contributed by atoms with E-state index in [1.807, 2.05) is 0 Å². The van der Waals surface area contributed by atoms with Crippen LogP contribution in [0.25, 0.3) is 0 Å². The summed E-state index contributed by atoms with van der Waals surface area (Å²) in [7, 11) is 0. The van der Waals surface area contributed by atoms with Crippen LogP contribution < -0.4 is 0 Å². The number of rotatable bonds is 6. The van der Waals surface area contributed by atoms with Crippen molar-refractivity contribution in [3.63, 3.8) is 0 Å². The third-order valence-electron chi connectivity index (χ3n) is 2.63. The van der Waals surface area contributed by atoms with Crippen LogP contribution in [0.4, 0.5) is 11.4 Å². The first kappa shape index (κ1) is 16.0. The molecule has 0 fully saturated rings. The number of esters is 1. The van der Waals surface area contributed by atoms with E-state index in [-0.39, 0.29) is 18.6 Å². The lowest BCUT2D eigenvalue weighted by Crippen LogP contribution is -2.19. The Morgan fingerprint density at radius 1 is 1.38 bits per heavy atom. The minimum Gasteiger partial charge on any atom is -0.465 e. The van der Waals surface area contributed by atoms with E-state index in [1.54, 1.807) is 13.0 Å². The Morgan fingerprint density at radius 2 is 2.05 bits per heavy atom. The lowest BCUT2D eigenvalue weighted by molar-refractivity contribution is -0.394. The van der Waals surface area contributed by atoms with E-state index in [0.717, 1.165) is 12.1 Å². The predicted octanol–water partition coefficient (Wildman–Crippen LogP) is 1.75. The monoisotopic (exact) mass is 293 g/mol. The van der Waals surface area contributed by atoms with Crippen LogP contribution in [0.5, 0.6) is 0 Å². The molecule has 0 aliphatic heterocycles.